The van der Waals surface area contributed by atoms with E-state index in [1.54, 1.807) is 0 Å². The predicted octanol–water partition coefficient (Wildman–Crippen LogP) is 4.60. The van der Waals surface area contributed by atoms with Crippen molar-refractivity contribution in [1.82, 2.24) is 10.2 Å². The molecule has 1 N–H and O–H groups in total. The summed E-state index contributed by atoms with van der Waals surface area (Å²) >= 11 is 0. The Morgan fingerprint density at radius 2 is 1.70 bits per heavy atom. The molecule has 0 unspecified atom stereocenters. The Morgan fingerprint density at radius 3 is 2.41 bits per heavy atom. The summed E-state index contributed by atoms with van der Waals surface area (Å²) in [7, 11) is 0. The van der Waals surface area contributed by atoms with Gasteiger partial charge < -0.3 is 15.0 Å². The van der Waals surface area contributed by atoms with Crippen LogP contribution < -0.4 is 10.1 Å². The number of nitrogens with zero attached hydrogens (tertiary/aromatic N) is 1. The average molecular weight is 369 g/mol. The van der Waals surface area contributed by atoms with Crippen LogP contribution in [0.3, 0.4) is 0 Å². The molecule has 27 heavy (non-hydrogen) atoms. The normalized spacial score (nSPS) is 10.8. The van der Waals surface area contributed by atoms with E-state index in [0.717, 1.165) is 49.4 Å². The van der Waals surface area contributed by atoms with Crippen molar-refractivity contribution in [1.29, 1.82) is 0 Å². The lowest BCUT2D eigenvalue weighted by Crippen LogP contribution is -2.29. The summed E-state index contributed by atoms with van der Waals surface area (Å²) in [6.07, 6.45) is 1.94. The fourth-order valence-electron chi connectivity index (χ4n) is 2.97. The third kappa shape index (κ3) is 6.72. The second kappa shape index (κ2) is 11.4. The molecule has 0 radical (unpaired) electrons. The molecule has 0 aliphatic carbocycles. The summed E-state index contributed by atoms with van der Waals surface area (Å²) < 4.78 is 5.71. The van der Waals surface area contributed by atoms with Crippen LogP contribution in [-0.2, 0) is 0 Å². The monoisotopic (exact) mass is 368 g/mol. The maximum absolute atomic E-state index is 12.5. The molecule has 0 aromatic heterocycles. The van der Waals surface area contributed by atoms with E-state index in [1.807, 2.05) is 48.5 Å². The van der Waals surface area contributed by atoms with Crippen LogP contribution in [0.4, 0.5) is 0 Å². The molecule has 1 amide bonds. The van der Waals surface area contributed by atoms with Crippen LogP contribution in [0.15, 0.2) is 48.5 Å². The Kier molecular flexibility index (Phi) is 8.85. The van der Waals surface area contributed by atoms with Crippen molar-refractivity contribution in [3.63, 3.8) is 0 Å². The van der Waals surface area contributed by atoms with Crippen LogP contribution in [0.25, 0.3) is 11.1 Å². The van der Waals surface area contributed by atoms with Gasteiger partial charge in [0, 0.05) is 12.1 Å². The van der Waals surface area contributed by atoms with Gasteiger partial charge in [-0.2, -0.15) is 0 Å². The molecule has 2 rings (SSSR count). The van der Waals surface area contributed by atoms with Crippen molar-refractivity contribution in [3.8, 4) is 16.9 Å². The Labute approximate surface area is 163 Å². The summed E-state index contributed by atoms with van der Waals surface area (Å²) in [4.78, 5) is 14.8. The molecule has 0 heterocycles. The Hall–Kier alpha value is -2.33. The fraction of sp³-hybridized carbons (Fsp3) is 0.435. The number of rotatable bonds is 11. The standard InChI is InChI=1S/C23H32N2O2/c1-4-16-27-22-13-8-11-20(18-22)19-10-7-12-21(17-19)23(26)24-14-9-15-25(5-2)6-3/h7-8,10-13,17-18H,4-6,9,14-16H2,1-3H3,(H,24,26). The van der Waals surface area contributed by atoms with Gasteiger partial charge >= 0.3 is 0 Å². The average Bonchev–Trinajstić information content (AvgIpc) is 2.72. The lowest BCUT2D eigenvalue weighted by Gasteiger charge is -2.17. The third-order valence-corrected chi connectivity index (χ3v) is 4.60. The molecular weight excluding hydrogens is 336 g/mol. The van der Waals surface area contributed by atoms with Gasteiger partial charge in [0.1, 0.15) is 5.75 Å². The molecule has 0 bridgehead atoms. The zero-order valence-electron chi connectivity index (χ0n) is 16.8. The number of carbonyl (C=O) groups is 1. The number of benzene rings is 2. The van der Waals surface area contributed by atoms with Crippen LogP contribution in [0.1, 0.15) is 44.0 Å². The number of amides is 1. The van der Waals surface area contributed by atoms with Crippen LogP contribution >= 0.6 is 0 Å². The lowest BCUT2D eigenvalue weighted by molar-refractivity contribution is 0.0952. The highest BCUT2D eigenvalue weighted by Gasteiger charge is 2.08. The smallest absolute Gasteiger partial charge is 0.251 e. The highest BCUT2D eigenvalue weighted by molar-refractivity contribution is 5.95. The van der Waals surface area contributed by atoms with Gasteiger partial charge in [-0.15, -0.1) is 0 Å². The van der Waals surface area contributed by atoms with E-state index in [1.165, 1.54) is 0 Å². The molecule has 0 aliphatic heterocycles. The molecule has 0 fully saturated rings. The van der Waals surface area contributed by atoms with E-state index in [0.29, 0.717) is 18.7 Å². The second-order valence-electron chi connectivity index (χ2n) is 6.59. The van der Waals surface area contributed by atoms with Gasteiger partial charge in [-0.1, -0.05) is 45.0 Å². The fourth-order valence-corrected chi connectivity index (χ4v) is 2.97. The SMILES string of the molecule is CCCOc1cccc(-c2cccc(C(=O)NCCCN(CC)CC)c2)c1. The zero-order chi connectivity index (χ0) is 19.5. The van der Waals surface area contributed by atoms with E-state index in [2.05, 4.69) is 31.0 Å². The van der Waals surface area contributed by atoms with E-state index >= 15 is 0 Å². The van der Waals surface area contributed by atoms with Crippen molar-refractivity contribution in [2.75, 3.05) is 32.8 Å². The minimum Gasteiger partial charge on any atom is -0.494 e. The highest BCUT2D eigenvalue weighted by atomic mass is 16.5. The van der Waals surface area contributed by atoms with Crippen LogP contribution in [0.5, 0.6) is 5.75 Å². The van der Waals surface area contributed by atoms with Gasteiger partial charge in [0.05, 0.1) is 6.61 Å². The van der Waals surface area contributed by atoms with Gasteiger partial charge in [-0.05, 0) is 67.9 Å². The molecule has 4 heteroatoms. The molecule has 2 aromatic rings. The van der Waals surface area contributed by atoms with E-state index < -0.39 is 0 Å². The Morgan fingerprint density at radius 1 is 1.00 bits per heavy atom. The van der Waals surface area contributed by atoms with Gasteiger partial charge in [0.2, 0.25) is 0 Å². The molecular formula is C23H32N2O2. The number of hydrogen-bond acceptors (Lipinski definition) is 3. The number of hydrogen-bond donors (Lipinski definition) is 1. The number of ether oxygens (including phenoxy) is 1. The lowest BCUT2D eigenvalue weighted by atomic mass is 10.0. The quantitative estimate of drug-likeness (QED) is 0.589. The Balaban J connectivity index is 1.97. The van der Waals surface area contributed by atoms with Crippen LogP contribution in [-0.4, -0.2) is 43.6 Å². The first kappa shape index (κ1) is 21.0. The predicted molar refractivity (Wildman–Crippen MR) is 112 cm³/mol. The van der Waals surface area contributed by atoms with Gasteiger partial charge in [-0.25, -0.2) is 0 Å². The largest absolute Gasteiger partial charge is 0.494 e. The molecule has 0 saturated carbocycles. The van der Waals surface area contributed by atoms with Crippen LogP contribution in [0, 0.1) is 0 Å². The van der Waals surface area contributed by atoms with Crippen molar-refractivity contribution in [2.45, 2.75) is 33.6 Å². The minimum absolute atomic E-state index is 0.0187. The zero-order valence-corrected chi connectivity index (χ0v) is 16.8. The van der Waals surface area contributed by atoms with E-state index in [4.69, 9.17) is 4.74 Å². The molecule has 0 saturated heterocycles. The second-order valence-corrected chi connectivity index (χ2v) is 6.59. The van der Waals surface area contributed by atoms with Crippen molar-refractivity contribution < 1.29 is 9.53 Å². The summed E-state index contributed by atoms with van der Waals surface area (Å²) in [6.45, 7) is 10.9. The molecule has 2 aromatic carbocycles. The number of carbonyl (C=O) groups excluding carboxylic acids is 1. The Bertz CT molecular complexity index is 711. The maximum atomic E-state index is 12.5. The van der Waals surface area contributed by atoms with Gasteiger partial charge in [-0.3, -0.25) is 4.79 Å². The molecule has 146 valence electrons. The van der Waals surface area contributed by atoms with Crippen LogP contribution in [0.2, 0.25) is 0 Å². The first-order valence-corrected chi connectivity index (χ1v) is 10.0. The number of nitrogens with one attached hydrogen (secondary N) is 1. The van der Waals surface area contributed by atoms with E-state index in [-0.39, 0.29) is 5.91 Å². The summed E-state index contributed by atoms with van der Waals surface area (Å²) in [5.41, 5.74) is 2.77. The van der Waals surface area contributed by atoms with Crippen molar-refractivity contribution in [2.24, 2.45) is 0 Å². The molecule has 4 nitrogen and oxygen atoms in total. The van der Waals surface area contributed by atoms with E-state index in [9.17, 15) is 4.79 Å². The van der Waals surface area contributed by atoms with Crippen molar-refractivity contribution >= 4 is 5.91 Å². The molecule has 0 atom stereocenters. The molecule has 0 aliphatic rings. The minimum atomic E-state index is -0.0187. The summed E-state index contributed by atoms with van der Waals surface area (Å²) in [5.74, 6) is 0.843. The summed E-state index contributed by atoms with van der Waals surface area (Å²) in [6, 6.07) is 15.8. The third-order valence-electron chi connectivity index (χ3n) is 4.60. The first-order chi connectivity index (χ1) is 13.2. The maximum Gasteiger partial charge on any atom is 0.251 e. The highest BCUT2D eigenvalue weighted by Crippen LogP contribution is 2.24. The topological polar surface area (TPSA) is 41.6 Å². The van der Waals surface area contributed by atoms with Gasteiger partial charge in [0.15, 0.2) is 0 Å². The first-order valence-electron chi connectivity index (χ1n) is 10.0. The molecule has 0 spiro atoms. The van der Waals surface area contributed by atoms with Gasteiger partial charge in [0.25, 0.3) is 5.91 Å². The summed E-state index contributed by atoms with van der Waals surface area (Å²) in [5, 5.41) is 3.03. The van der Waals surface area contributed by atoms with Crippen molar-refractivity contribution in [3.05, 3.63) is 54.1 Å².